The Morgan fingerprint density at radius 2 is 1.66 bits per heavy atom. The fourth-order valence-electron chi connectivity index (χ4n) is 2.56. The van der Waals surface area contributed by atoms with Gasteiger partial charge in [0.1, 0.15) is 17.9 Å². The molecule has 0 aliphatic carbocycles. The van der Waals surface area contributed by atoms with Crippen LogP contribution in [0, 0.1) is 0 Å². The second-order valence-electron chi connectivity index (χ2n) is 6.36. The molecule has 3 amide bonds. The third-order valence-electron chi connectivity index (χ3n) is 4.04. The van der Waals surface area contributed by atoms with E-state index < -0.39 is 23.7 Å². The quantitative estimate of drug-likeness (QED) is 0.451. The van der Waals surface area contributed by atoms with Gasteiger partial charge in [-0.3, -0.25) is 4.79 Å². The number of urea groups is 1. The van der Waals surface area contributed by atoms with Crippen molar-refractivity contribution in [2.24, 2.45) is 5.73 Å². The van der Waals surface area contributed by atoms with Crippen molar-refractivity contribution in [3.05, 3.63) is 66.0 Å². The second-order valence-corrected chi connectivity index (χ2v) is 6.36. The van der Waals surface area contributed by atoms with E-state index in [1.807, 2.05) is 0 Å². The summed E-state index contributed by atoms with van der Waals surface area (Å²) in [6, 6.07) is 9.31. The fourth-order valence-corrected chi connectivity index (χ4v) is 2.56. The van der Waals surface area contributed by atoms with Crippen molar-refractivity contribution in [2.45, 2.75) is 6.18 Å². The predicted octanol–water partition coefficient (Wildman–Crippen LogP) is 4.07. The summed E-state index contributed by atoms with van der Waals surface area (Å²) < 4.78 is 44.7. The number of ether oxygens (including phenoxy) is 1. The van der Waals surface area contributed by atoms with E-state index in [0.717, 1.165) is 6.07 Å². The van der Waals surface area contributed by atoms with E-state index in [2.05, 4.69) is 25.9 Å². The number of nitrogens with two attached hydrogens (primary N) is 1. The molecule has 12 heteroatoms. The van der Waals surface area contributed by atoms with Gasteiger partial charge in [-0.25, -0.2) is 14.8 Å². The number of aromatic nitrogens is 2. The Balaban J connectivity index is 1.67. The Morgan fingerprint density at radius 1 is 0.969 bits per heavy atom. The average molecular weight is 446 g/mol. The van der Waals surface area contributed by atoms with Crippen LogP contribution in [0.1, 0.15) is 15.9 Å². The van der Waals surface area contributed by atoms with Crippen LogP contribution < -0.4 is 26.4 Å². The minimum absolute atomic E-state index is 0.241. The number of hydrogen-bond acceptors (Lipinski definition) is 6. The van der Waals surface area contributed by atoms with Crippen molar-refractivity contribution in [2.75, 3.05) is 23.0 Å². The van der Waals surface area contributed by atoms with Gasteiger partial charge in [-0.2, -0.15) is 13.2 Å². The second kappa shape index (κ2) is 9.20. The van der Waals surface area contributed by atoms with Gasteiger partial charge in [0.15, 0.2) is 0 Å². The molecule has 1 heterocycles. The van der Waals surface area contributed by atoms with Crippen LogP contribution in [-0.4, -0.2) is 29.0 Å². The minimum atomic E-state index is -4.72. The van der Waals surface area contributed by atoms with E-state index in [1.165, 1.54) is 18.5 Å². The van der Waals surface area contributed by atoms with Crippen LogP contribution in [-0.2, 0) is 6.18 Å². The highest BCUT2D eigenvalue weighted by molar-refractivity contribution is 6.01. The number of hydrogen-bond donors (Lipinski definition) is 4. The van der Waals surface area contributed by atoms with Gasteiger partial charge in [0.05, 0.1) is 5.56 Å². The number of nitrogens with one attached hydrogen (secondary N) is 3. The van der Waals surface area contributed by atoms with E-state index in [-0.39, 0.29) is 11.3 Å². The molecule has 0 aliphatic heterocycles. The minimum Gasteiger partial charge on any atom is -0.439 e. The van der Waals surface area contributed by atoms with Gasteiger partial charge in [-0.15, -0.1) is 0 Å². The maximum Gasteiger partial charge on any atom is 0.416 e. The number of benzene rings is 2. The topological polar surface area (TPSA) is 131 Å². The lowest BCUT2D eigenvalue weighted by Crippen LogP contribution is -2.21. The molecule has 5 N–H and O–H groups in total. The summed E-state index contributed by atoms with van der Waals surface area (Å²) in [5.74, 6) is 0.248. The van der Waals surface area contributed by atoms with E-state index in [0.29, 0.717) is 35.3 Å². The first-order valence-electron chi connectivity index (χ1n) is 9.02. The Kier molecular flexibility index (Phi) is 6.42. The van der Waals surface area contributed by atoms with Crippen molar-refractivity contribution < 1.29 is 27.5 Å². The zero-order valence-electron chi connectivity index (χ0n) is 16.5. The zero-order valence-corrected chi connectivity index (χ0v) is 16.5. The number of amides is 3. The van der Waals surface area contributed by atoms with Gasteiger partial charge < -0.3 is 26.4 Å². The number of alkyl halides is 3. The van der Waals surface area contributed by atoms with Crippen LogP contribution >= 0.6 is 0 Å². The lowest BCUT2D eigenvalue weighted by molar-refractivity contribution is -0.137. The molecule has 2 aromatic carbocycles. The summed E-state index contributed by atoms with van der Waals surface area (Å²) in [5.41, 5.74) is 3.68. The predicted molar refractivity (Wildman–Crippen MR) is 111 cm³/mol. The van der Waals surface area contributed by atoms with E-state index in [1.54, 1.807) is 25.2 Å². The molecule has 3 aromatic rings. The van der Waals surface area contributed by atoms with E-state index in [4.69, 9.17) is 10.5 Å². The maximum absolute atomic E-state index is 13.0. The van der Waals surface area contributed by atoms with Crippen molar-refractivity contribution >= 4 is 29.1 Å². The van der Waals surface area contributed by atoms with E-state index in [9.17, 15) is 22.8 Å². The third-order valence-corrected chi connectivity index (χ3v) is 4.04. The van der Waals surface area contributed by atoms with E-state index >= 15 is 0 Å². The molecule has 0 fully saturated rings. The van der Waals surface area contributed by atoms with Crippen molar-refractivity contribution in [3.8, 4) is 11.6 Å². The van der Waals surface area contributed by atoms with Crippen LogP contribution in [0.5, 0.6) is 11.6 Å². The van der Waals surface area contributed by atoms with Crippen molar-refractivity contribution in [3.63, 3.8) is 0 Å². The van der Waals surface area contributed by atoms with Gasteiger partial charge in [-0.1, -0.05) is 0 Å². The van der Waals surface area contributed by atoms with Crippen LogP contribution in [0.2, 0.25) is 0 Å². The van der Waals surface area contributed by atoms with Gasteiger partial charge in [0.2, 0.25) is 11.8 Å². The standard InChI is InChI=1S/C20H17F3N6O3/c1-25-16-9-17(27-10-26-16)32-15-4-2-13(3-5-15)28-19(31)29-14-7-11(18(24)30)6-12(8-14)20(21,22)23/h2-10H,1H3,(H2,24,30)(H,25,26,27)(H2,28,29,31). The number of halogens is 3. The van der Waals surface area contributed by atoms with Crippen molar-refractivity contribution in [1.29, 1.82) is 0 Å². The molecule has 1 aromatic heterocycles. The number of carbonyl (C=O) groups excluding carboxylic acids is 2. The molecule has 0 radical (unpaired) electrons. The molecule has 0 unspecified atom stereocenters. The molecule has 0 aliphatic rings. The Hall–Kier alpha value is -4.35. The average Bonchev–Trinajstić information content (AvgIpc) is 2.74. The summed E-state index contributed by atoms with van der Waals surface area (Å²) >= 11 is 0. The van der Waals surface area contributed by atoms with Crippen molar-refractivity contribution in [1.82, 2.24) is 9.97 Å². The Bertz CT molecular complexity index is 1140. The SMILES string of the molecule is CNc1cc(Oc2ccc(NC(=O)Nc3cc(C(N)=O)cc(C(F)(F)F)c3)cc2)ncn1. The molecule has 0 saturated heterocycles. The van der Waals surface area contributed by atoms with Crippen LogP contribution in [0.15, 0.2) is 54.9 Å². The van der Waals surface area contributed by atoms with Gasteiger partial charge >= 0.3 is 12.2 Å². The molecule has 3 rings (SSSR count). The van der Waals surface area contributed by atoms with Gasteiger partial charge in [-0.05, 0) is 42.5 Å². The lowest BCUT2D eigenvalue weighted by atomic mass is 10.1. The van der Waals surface area contributed by atoms with Crippen LogP contribution in [0.3, 0.4) is 0 Å². The number of carbonyl (C=O) groups is 2. The maximum atomic E-state index is 13.0. The summed E-state index contributed by atoms with van der Waals surface area (Å²) in [6.07, 6.45) is -3.38. The number of rotatable bonds is 6. The highest BCUT2D eigenvalue weighted by atomic mass is 19.4. The summed E-state index contributed by atoms with van der Waals surface area (Å²) in [6.45, 7) is 0. The number of anilines is 3. The molecule has 0 saturated carbocycles. The van der Waals surface area contributed by atoms with Crippen LogP contribution in [0.4, 0.5) is 35.2 Å². The molecule has 9 nitrogen and oxygen atoms in total. The fraction of sp³-hybridized carbons (Fsp3) is 0.100. The summed E-state index contributed by atoms with van der Waals surface area (Å²) in [7, 11) is 1.70. The monoisotopic (exact) mass is 446 g/mol. The summed E-state index contributed by atoms with van der Waals surface area (Å²) in [5, 5.41) is 7.57. The highest BCUT2D eigenvalue weighted by Gasteiger charge is 2.31. The first kappa shape index (κ1) is 22.3. The number of primary amides is 1. The third kappa shape index (κ3) is 5.84. The van der Waals surface area contributed by atoms with Crippen LogP contribution in [0.25, 0.3) is 0 Å². The Labute approximate surface area is 179 Å². The summed E-state index contributed by atoms with van der Waals surface area (Å²) in [4.78, 5) is 31.5. The molecule has 0 atom stereocenters. The first-order chi connectivity index (χ1) is 15.1. The van der Waals surface area contributed by atoms with Gasteiger partial charge in [0, 0.05) is 30.1 Å². The molecular weight excluding hydrogens is 429 g/mol. The molecular formula is C20H17F3N6O3. The highest BCUT2D eigenvalue weighted by Crippen LogP contribution is 2.32. The molecule has 0 bridgehead atoms. The molecule has 32 heavy (non-hydrogen) atoms. The largest absolute Gasteiger partial charge is 0.439 e. The smallest absolute Gasteiger partial charge is 0.416 e. The molecule has 0 spiro atoms. The lowest BCUT2D eigenvalue weighted by Gasteiger charge is -2.13. The normalized spacial score (nSPS) is 10.9. The number of nitrogens with zero attached hydrogens (tertiary/aromatic N) is 2. The van der Waals surface area contributed by atoms with Gasteiger partial charge in [0.25, 0.3) is 0 Å². The zero-order chi connectivity index (χ0) is 23.3. The first-order valence-corrected chi connectivity index (χ1v) is 9.02. The molecule has 166 valence electrons. The Morgan fingerprint density at radius 3 is 2.28 bits per heavy atom.